The zero-order valence-corrected chi connectivity index (χ0v) is 9.84. The molecule has 2 rings (SSSR count). The summed E-state index contributed by atoms with van der Waals surface area (Å²) in [6.07, 6.45) is 1.63. The average Bonchev–Trinajstić information content (AvgIpc) is 2.53. The smallest absolute Gasteiger partial charge is 0.312 e. The summed E-state index contributed by atoms with van der Waals surface area (Å²) in [5, 5.41) is 4.60. The molecule has 0 aliphatic carbocycles. The Morgan fingerprint density at radius 1 is 1.38 bits per heavy atom. The standard InChI is InChI=1S/C11H7Cl2NO2/c1-6-9(11(15)16-14-6)4-7-2-3-8(12)5-10(7)13/h2-5H,1H3/b9-4-. The lowest BCUT2D eigenvalue weighted by Crippen LogP contribution is -2.01. The number of rotatable bonds is 1. The maximum absolute atomic E-state index is 11.3. The third-order valence-electron chi connectivity index (χ3n) is 2.14. The molecule has 0 fully saturated rings. The molecule has 3 nitrogen and oxygen atoms in total. The first-order valence-corrected chi connectivity index (χ1v) is 5.26. The zero-order chi connectivity index (χ0) is 11.7. The van der Waals surface area contributed by atoms with Crippen molar-refractivity contribution < 1.29 is 9.63 Å². The highest BCUT2D eigenvalue weighted by Gasteiger charge is 2.21. The van der Waals surface area contributed by atoms with Crippen LogP contribution in [0.4, 0.5) is 0 Å². The minimum absolute atomic E-state index is 0.407. The summed E-state index contributed by atoms with van der Waals surface area (Å²) in [7, 11) is 0. The molecule has 5 heteroatoms. The summed E-state index contributed by atoms with van der Waals surface area (Å²) in [5.74, 6) is -0.469. The summed E-state index contributed by atoms with van der Waals surface area (Å²) >= 11 is 11.8. The molecule has 0 atom stereocenters. The fourth-order valence-electron chi connectivity index (χ4n) is 1.29. The van der Waals surface area contributed by atoms with Gasteiger partial charge in [0, 0.05) is 10.0 Å². The van der Waals surface area contributed by atoms with Crippen LogP contribution >= 0.6 is 23.2 Å². The molecule has 82 valence electrons. The van der Waals surface area contributed by atoms with Crippen molar-refractivity contribution in [2.75, 3.05) is 0 Å². The molecule has 0 aromatic heterocycles. The van der Waals surface area contributed by atoms with E-state index in [-0.39, 0.29) is 0 Å². The molecule has 0 bridgehead atoms. The topological polar surface area (TPSA) is 38.7 Å². The fraction of sp³-hybridized carbons (Fsp3) is 0.0909. The van der Waals surface area contributed by atoms with Crippen LogP contribution in [0.1, 0.15) is 12.5 Å². The first kappa shape index (κ1) is 11.2. The van der Waals surface area contributed by atoms with E-state index >= 15 is 0 Å². The molecule has 1 aromatic rings. The van der Waals surface area contributed by atoms with E-state index < -0.39 is 5.97 Å². The molecule has 0 radical (unpaired) electrons. The van der Waals surface area contributed by atoms with E-state index in [1.807, 2.05) is 0 Å². The summed E-state index contributed by atoms with van der Waals surface area (Å²) in [6.45, 7) is 1.69. The predicted molar refractivity (Wildman–Crippen MR) is 63.6 cm³/mol. The third kappa shape index (κ3) is 2.10. The van der Waals surface area contributed by atoms with Gasteiger partial charge >= 0.3 is 5.97 Å². The van der Waals surface area contributed by atoms with Crippen molar-refractivity contribution in [1.29, 1.82) is 0 Å². The number of carbonyl (C=O) groups is 1. The molecule has 1 heterocycles. The van der Waals surface area contributed by atoms with Crippen LogP contribution in [-0.4, -0.2) is 11.7 Å². The number of halogens is 2. The molecule has 1 aromatic carbocycles. The van der Waals surface area contributed by atoms with Crippen molar-refractivity contribution in [3.63, 3.8) is 0 Å². The van der Waals surface area contributed by atoms with Gasteiger partial charge in [-0.2, -0.15) is 0 Å². The van der Waals surface area contributed by atoms with Crippen LogP contribution in [0.2, 0.25) is 10.0 Å². The summed E-state index contributed by atoms with van der Waals surface area (Å²) in [5.41, 5.74) is 1.65. The Bertz CT molecular complexity index is 521. The highest BCUT2D eigenvalue weighted by Crippen LogP contribution is 2.24. The van der Waals surface area contributed by atoms with Gasteiger partial charge in [-0.25, -0.2) is 4.79 Å². The van der Waals surface area contributed by atoms with Gasteiger partial charge in [-0.15, -0.1) is 0 Å². The minimum Gasteiger partial charge on any atom is -0.312 e. The Hall–Kier alpha value is -1.32. The maximum atomic E-state index is 11.3. The number of oxime groups is 1. The first-order chi connectivity index (χ1) is 7.58. The predicted octanol–water partition coefficient (Wildman–Crippen LogP) is 3.31. The van der Waals surface area contributed by atoms with Gasteiger partial charge in [-0.1, -0.05) is 34.4 Å². The zero-order valence-electron chi connectivity index (χ0n) is 8.33. The quantitative estimate of drug-likeness (QED) is 0.571. The van der Waals surface area contributed by atoms with E-state index in [1.165, 1.54) is 0 Å². The molecular weight excluding hydrogens is 249 g/mol. The van der Waals surface area contributed by atoms with Crippen molar-refractivity contribution in [2.45, 2.75) is 6.92 Å². The van der Waals surface area contributed by atoms with Gasteiger partial charge in [0.05, 0.1) is 11.3 Å². The lowest BCUT2D eigenvalue weighted by Gasteiger charge is -1.99. The van der Waals surface area contributed by atoms with Crippen LogP contribution in [0, 0.1) is 0 Å². The van der Waals surface area contributed by atoms with Crippen molar-refractivity contribution in [1.82, 2.24) is 0 Å². The molecule has 0 N–H and O–H groups in total. The van der Waals surface area contributed by atoms with E-state index in [0.29, 0.717) is 26.9 Å². The van der Waals surface area contributed by atoms with Gasteiger partial charge in [0.1, 0.15) is 0 Å². The Balaban J connectivity index is 2.43. The van der Waals surface area contributed by atoms with Crippen LogP contribution in [0.5, 0.6) is 0 Å². The van der Waals surface area contributed by atoms with Crippen LogP contribution in [-0.2, 0) is 9.63 Å². The van der Waals surface area contributed by atoms with Gasteiger partial charge < -0.3 is 4.84 Å². The van der Waals surface area contributed by atoms with Crippen LogP contribution in [0.3, 0.4) is 0 Å². The molecule has 0 amide bonds. The molecule has 1 aliphatic heterocycles. The third-order valence-corrected chi connectivity index (χ3v) is 2.70. The first-order valence-electron chi connectivity index (χ1n) is 4.51. The molecule has 0 saturated carbocycles. The number of carbonyl (C=O) groups excluding carboxylic acids is 1. The van der Waals surface area contributed by atoms with Gasteiger partial charge in [-0.05, 0) is 30.7 Å². The molecule has 0 unspecified atom stereocenters. The number of hydrogen-bond acceptors (Lipinski definition) is 3. The minimum atomic E-state index is -0.469. The Kier molecular flexibility index (Phi) is 2.99. The second-order valence-electron chi connectivity index (χ2n) is 3.28. The Labute approximate surface area is 102 Å². The Morgan fingerprint density at radius 2 is 2.12 bits per heavy atom. The van der Waals surface area contributed by atoms with Gasteiger partial charge in [-0.3, -0.25) is 0 Å². The van der Waals surface area contributed by atoms with Crippen LogP contribution in [0.25, 0.3) is 6.08 Å². The maximum Gasteiger partial charge on any atom is 0.367 e. The van der Waals surface area contributed by atoms with E-state index in [1.54, 1.807) is 31.2 Å². The normalized spacial score (nSPS) is 17.6. The summed E-state index contributed by atoms with van der Waals surface area (Å²) < 4.78 is 0. The van der Waals surface area contributed by atoms with E-state index in [2.05, 4.69) is 9.99 Å². The average molecular weight is 256 g/mol. The molecule has 1 aliphatic rings. The second-order valence-corrected chi connectivity index (χ2v) is 4.12. The van der Waals surface area contributed by atoms with E-state index in [9.17, 15) is 4.79 Å². The molecular formula is C11H7Cl2NO2. The summed E-state index contributed by atoms with van der Waals surface area (Å²) in [6, 6.07) is 5.05. The lowest BCUT2D eigenvalue weighted by molar-refractivity contribution is -0.136. The van der Waals surface area contributed by atoms with Crippen molar-refractivity contribution in [3.8, 4) is 0 Å². The number of nitrogens with zero attached hydrogens (tertiary/aromatic N) is 1. The van der Waals surface area contributed by atoms with Crippen molar-refractivity contribution in [3.05, 3.63) is 39.4 Å². The monoisotopic (exact) mass is 255 g/mol. The molecule has 16 heavy (non-hydrogen) atoms. The second kappa shape index (κ2) is 4.28. The highest BCUT2D eigenvalue weighted by atomic mass is 35.5. The van der Waals surface area contributed by atoms with Crippen molar-refractivity contribution >= 4 is 41.0 Å². The highest BCUT2D eigenvalue weighted by molar-refractivity contribution is 6.36. The number of hydrogen-bond donors (Lipinski definition) is 0. The fourth-order valence-corrected chi connectivity index (χ4v) is 1.76. The summed E-state index contributed by atoms with van der Waals surface area (Å²) in [4.78, 5) is 15.8. The van der Waals surface area contributed by atoms with Crippen LogP contribution < -0.4 is 0 Å². The SMILES string of the molecule is CC1=NOC(=O)/C1=C\c1ccc(Cl)cc1Cl. The Morgan fingerprint density at radius 3 is 2.69 bits per heavy atom. The van der Waals surface area contributed by atoms with Crippen LogP contribution in [0.15, 0.2) is 28.9 Å². The van der Waals surface area contributed by atoms with Gasteiger partial charge in [0.25, 0.3) is 0 Å². The number of benzene rings is 1. The van der Waals surface area contributed by atoms with Crippen molar-refractivity contribution in [2.24, 2.45) is 5.16 Å². The lowest BCUT2D eigenvalue weighted by atomic mass is 10.1. The van der Waals surface area contributed by atoms with E-state index in [0.717, 1.165) is 0 Å². The van der Waals surface area contributed by atoms with E-state index in [4.69, 9.17) is 23.2 Å². The van der Waals surface area contributed by atoms with Gasteiger partial charge in [0.2, 0.25) is 0 Å². The largest absolute Gasteiger partial charge is 0.367 e. The van der Waals surface area contributed by atoms with Gasteiger partial charge in [0.15, 0.2) is 0 Å². The molecule has 0 saturated heterocycles. The molecule has 0 spiro atoms.